The Kier molecular flexibility index (Phi) is 3.92. The van der Waals surface area contributed by atoms with Gasteiger partial charge in [0.25, 0.3) is 5.69 Å². The zero-order valence-corrected chi connectivity index (χ0v) is 11.6. The Morgan fingerprint density at radius 1 is 0.955 bits per heavy atom. The Hall–Kier alpha value is -2.42. The van der Waals surface area contributed by atoms with E-state index in [1.54, 1.807) is 0 Å². The molecule has 0 N–H and O–H groups in total. The summed E-state index contributed by atoms with van der Waals surface area (Å²) in [5.41, 5.74) is -1.40. The van der Waals surface area contributed by atoms with Gasteiger partial charge in [0.2, 0.25) is 9.84 Å². The molecule has 0 saturated carbocycles. The molecule has 0 fully saturated rings. The zero-order valence-electron chi connectivity index (χ0n) is 10.7. The van der Waals surface area contributed by atoms with Crippen LogP contribution in [0, 0.1) is 10.1 Å². The molecule has 0 aliphatic heterocycles. The normalized spacial score (nSPS) is 12.1. The number of rotatable bonds is 3. The molecular formula is C13H8F3NO4S. The average molecular weight is 331 g/mol. The van der Waals surface area contributed by atoms with E-state index in [0.717, 1.165) is 30.3 Å². The highest BCUT2D eigenvalue weighted by Gasteiger charge is 2.31. The topological polar surface area (TPSA) is 77.3 Å². The van der Waals surface area contributed by atoms with E-state index in [-0.39, 0.29) is 9.79 Å². The summed E-state index contributed by atoms with van der Waals surface area (Å²) in [5, 5.41) is 10.7. The molecule has 2 rings (SSSR count). The highest BCUT2D eigenvalue weighted by atomic mass is 32.2. The molecule has 116 valence electrons. The van der Waals surface area contributed by atoms with Crippen molar-refractivity contribution in [3.8, 4) is 0 Å². The van der Waals surface area contributed by atoms with Crippen LogP contribution in [0.5, 0.6) is 0 Å². The van der Waals surface area contributed by atoms with Crippen molar-refractivity contribution in [3.63, 3.8) is 0 Å². The first-order valence-electron chi connectivity index (χ1n) is 5.79. The van der Waals surface area contributed by atoms with Crippen molar-refractivity contribution in [2.45, 2.75) is 16.0 Å². The molecule has 22 heavy (non-hydrogen) atoms. The van der Waals surface area contributed by atoms with Gasteiger partial charge in [-0.2, -0.15) is 13.2 Å². The van der Waals surface area contributed by atoms with Gasteiger partial charge in [0.15, 0.2) is 0 Å². The minimum atomic E-state index is -4.58. The molecule has 0 saturated heterocycles. The van der Waals surface area contributed by atoms with Crippen LogP contribution in [-0.2, 0) is 16.0 Å². The highest BCUT2D eigenvalue weighted by Crippen LogP contribution is 2.31. The summed E-state index contributed by atoms with van der Waals surface area (Å²) in [6.45, 7) is 0. The number of alkyl halides is 3. The first-order valence-corrected chi connectivity index (χ1v) is 7.27. The minimum Gasteiger partial charge on any atom is -0.258 e. The van der Waals surface area contributed by atoms with Crippen LogP contribution >= 0.6 is 0 Å². The van der Waals surface area contributed by atoms with Crippen LogP contribution in [0.4, 0.5) is 18.9 Å². The molecule has 2 aromatic rings. The van der Waals surface area contributed by atoms with Gasteiger partial charge in [-0.05, 0) is 30.3 Å². The van der Waals surface area contributed by atoms with E-state index in [0.29, 0.717) is 12.1 Å². The molecule has 0 unspecified atom stereocenters. The lowest BCUT2D eigenvalue weighted by Gasteiger charge is -2.08. The molecule has 0 bridgehead atoms. The van der Waals surface area contributed by atoms with Gasteiger partial charge < -0.3 is 0 Å². The summed E-state index contributed by atoms with van der Waals surface area (Å²) in [6, 6.07) is 7.22. The Morgan fingerprint density at radius 3 is 2.05 bits per heavy atom. The van der Waals surface area contributed by atoms with Crippen molar-refractivity contribution in [2.24, 2.45) is 0 Å². The van der Waals surface area contributed by atoms with Crippen molar-refractivity contribution >= 4 is 15.5 Å². The number of halogens is 3. The number of non-ortho nitro benzene ring substituents is 1. The smallest absolute Gasteiger partial charge is 0.258 e. The lowest BCUT2D eigenvalue weighted by molar-refractivity contribution is -0.385. The van der Waals surface area contributed by atoms with Gasteiger partial charge in [-0.15, -0.1) is 0 Å². The molecule has 0 spiro atoms. The van der Waals surface area contributed by atoms with Gasteiger partial charge in [-0.25, -0.2) is 8.42 Å². The standard InChI is InChI=1S/C13H8F3NO4S/c14-13(15,16)9-4-6-11(7-5-9)22(20,21)12-3-1-2-10(8-12)17(18)19/h1-8H. The molecule has 0 aromatic heterocycles. The number of benzene rings is 2. The third kappa shape index (κ3) is 3.08. The van der Waals surface area contributed by atoms with Crippen LogP contribution in [0.3, 0.4) is 0 Å². The molecule has 0 heterocycles. The molecule has 0 aliphatic rings. The third-order valence-electron chi connectivity index (χ3n) is 2.83. The van der Waals surface area contributed by atoms with Crippen molar-refractivity contribution in [1.29, 1.82) is 0 Å². The third-order valence-corrected chi connectivity index (χ3v) is 4.60. The van der Waals surface area contributed by atoms with E-state index in [1.807, 2.05) is 0 Å². The van der Waals surface area contributed by atoms with Gasteiger partial charge in [0.05, 0.1) is 20.3 Å². The summed E-state index contributed by atoms with van der Waals surface area (Å²) in [7, 11) is -4.13. The van der Waals surface area contributed by atoms with Crippen LogP contribution in [0.15, 0.2) is 58.3 Å². The SMILES string of the molecule is O=[N+]([O-])c1cccc(S(=O)(=O)c2ccc(C(F)(F)F)cc2)c1. The molecule has 9 heteroatoms. The van der Waals surface area contributed by atoms with E-state index in [1.165, 1.54) is 6.07 Å². The van der Waals surface area contributed by atoms with Gasteiger partial charge in [-0.1, -0.05) is 6.07 Å². The van der Waals surface area contributed by atoms with E-state index < -0.39 is 32.2 Å². The highest BCUT2D eigenvalue weighted by molar-refractivity contribution is 7.91. The molecule has 0 radical (unpaired) electrons. The first-order chi connectivity index (χ1) is 10.1. The fraction of sp³-hybridized carbons (Fsp3) is 0.0769. The Balaban J connectivity index is 2.47. The van der Waals surface area contributed by atoms with Gasteiger partial charge in [0, 0.05) is 12.1 Å². The van der Waals surface area contributed by atoms with Crippen LogP contribution in [0.1, 0.15) is 5.56 Å². The van der Waals surface area contributed by atoms with E-state index in [4.69, 9.17) is 0 Å². The summed E-state index contributed by atoms with van der Waals surface area (Å²) in [4.78, 5) is 9.17. The van der Waals surface area contributed by atoms with Crippen LogP contribution < -0.4 is 0 Å². The fourth-order valence-corrected chi connectivity index (χ4v) is 3.02. The quantitative estimate of drug-likeness (QED) is 0.637. The maximum atomic E-state index is 12.5. The lowest BCUT2D eigenvalue weighted by Crippen LogP contribution is -2.07. The van der Waals surface area contributed by atoms with Gasteiger partial charge >= 0.3 is 6.18 Å². The second-order valence-electron chi connectivity index (χ2n) is 4.28. The minimum absolute atomic E-state index is 0.360. The lowest BCUT2D eigenvalue weighted by atomic mass is 10.2. The zero-order chi connectivity index (χ0) is 16.5. The van der Waals surface area contributed by atoms with Crippen molar-refractivity contribution in [3.05, 3.63) is 64.2 Å². The number of nitro benzene ring substituents is 1. The Morgan fingerprint density at radius 2 is 1.55 bits per heavy atom. The number of hydrogen-bond donors (Lipinski definition) is 0. The van der Waals surface area contributed by atoms with Crippen molar-refractivity contribution in [2.75, 3.05) is 0 Å². The van der Waals surface area contributed by atoms with Crippen LogP contribution in [-0.4, -0.2) is 13.3 Å². The maximum Gasteiger partial charge on any atom is 0.416 e. The molecular weight excluding hydrogens is 323 g/mol. The Labute approximate surface area is 123 Å². The second-order valence-corrected chi connectivity index (χ2v) is 6.23. The van der Waals surface area contributed by atoms with Gasteiger partial charge in [-0.3, -0.25) is 10.1 Å². The summed E-state index contributed by atoms with van der Waals surface area (Å²) >= 11 is 0. The number of sulfone groups is 1. The van der Waals surface area contributed by atoms with Gasteiger partial charge in [0.1, 0.15) is 0 Å². The fourth-order valence-electron chi connectivity index (χ4n) is 1.72. The molecule has 0 amide bonds. The summed E-state index contributed by atoms with van der Waals surface area (Å²) < 4.78 is 61.9. The molecule has 0 aliphatic carbocycles. The van der Waals surface area contributed by atoms with E-state index in [9.17, 15) is 31.7 Å². The average Bonchev–Trinajstić information content (AvgIpc) is 2.46. The maximum absolute atomic E-state index is 12.5. The predicted octanol–water partition coefficient (Wildman–Crippen LogP) is 3.45. The van der Waals surface area contributed by atoms with E-state index >= 15 is 0 Å². The van der Waals surface area contributed by atoms with Crippen molar-refractivity contribution < 1.29 is 26.5 Å². The Bertz CT molecular complexity index is 814. The summed E-state index contributed by atoms with van der Waals surface area (Å²) in [5.74, 6) is 0. The number of nitro groups is 1. The number of nitrogens with zero attached hydrogens (tertiary/aromatic N) is 1. The monoisotopic (exact) mass is 331 g/mol. The van der Waals surface area contributed by atoms with Crippen molar-refractivity contribution in [1.82, 2.24) is 0 Å². The second kappa shape index (κ2) is 5.41. The molecule has 2 aromatic carbocycles. The van der Waals surface area contributed by atoms with E-state index in [2.05, 4.69) is 0 Å². The predicted molar refractivity (Wildman–Crippen MR) is 70.0 cm³/mol. The first kappa shape index (κ1) is 16.0. The summed E-state index contributed by atoms with van der Waals surface area (Å²) in [6.07, 6.45) is -4.58. The van der Waals surface area contributed by atoms with Crippen LogP contribution in [0.2, 0.25) is 0 Å². The number of hydrogen-bond acceptors (Lipinski definition) is 4. The van der Waals surface area contributed by atoms with Crippen LogP contribution in [0.25, 0.3) is 0 Å². The largest absolute Gasteiger partial charge is 0.416 e. The molecule has 5 nitrogen and oxygen atoms in total. The molecule has 0 atom stereocenters.